The van der Waals surface area contributed by atoms with Gasteiger partial charge in [0.2, 0.25) is 11.8 Å². The van der Waals surface area contributed by atoms with Crippen LogP contribution in [-0.2, 0) is 26.8 Å². The van der Waals surface area contributed by atoms with E-state index < -0.39 is 47.2 Å². The number of nitrogens with one attached hydrogen (secondary N) is 3. The third-order valence-corrected chi connectivity index (χ3v) is 12.0. The molecule has 3 amide bonds. The number of hydrogen-bond acceptors (Lipinski definition) is 6. The number of aryl methyl sites for hydroxylation is 1. The van der Waals surface area contributed by atoms with E-state index in [0.717, 1.165) is 38.5 Å². The molecule has 1 aromatic heterocycles. The molecular weight excluding hydrogens is 656 g/mol. The van der Waals surface area contributed by atoms with E-state index in [2.05, 4.69) is 21.0 Å². The summed E-state index contributed by atoms with van der Waals surface area (Å²) in [5, 5.41) is 13.1. The second kappa shape index (κ2) is 13.6. The van der Waals surface area contributed by atoms with Crippen molar-refractivity contribution < 1.29 is 36.7 Å². The lowest BCUT2D eigenvalue weighted by Gasteiger charge is -2.37. The van der Waals surface area contributed by atoms with Gasteiger partial charge in [-0.15, -0.1) is 0 Å². The van der Waals surface area contributed by atoms with Crippen LogP contribution in [0.4, 0.5) is 23.2 Å². The lowest BCUT2D eigenvalue weighted by atomic mass is 9.77. The number of epoxide rings is 1. The molecule has 0 radical (unpaired) electrons. The van der Waals surface area contributed by atoms with Gasteiger partial charge in [0, 0.05) is 31.7 Å². The van der Waals surface area contributed by atoms with Crippen molar-refractivity contribution in [1.82, 2.24) is 25.3 Å². The molecule has 5 fully saturated rings. The van der Waals surface area contributed by atoms with Crippen LogP contribution < -0.4 is 16.0 Å². The average Bonchev–Trinajstić information content (AvgIpc) is 3.98. The molecule has 2 aliphatic heterocycles. The highest BCUT2D eigenvalue weighted by Gasteiger charge is 2.57. The molecule has 14 heteroatoms. The molecule has 7 atom stereocenters. The van der Waals surface area contributed by atoms with Gasteiger partial charge in [0.05, 0.1) is 23.8 Å². The first-order chi connectivity index (χ1) is 23.9. The number of ether oxygens (including phenoxy) is 1. The van der Waals surface area contributed by atoms with Gasteiger partial charge in [-0.05, 0) is 92.9 Å². The van der Waals surface area contributed by atoms with Crippen LogP contribution in [0.15, 0.2) is 30.5 Å². The molecule has 7 rings (SSSR count). The van der Waals surface area contributed by atoms with Crippen LogP contribution in [0.25, 0.3) is 0 Å². The fourth-order valence-corrected chi connectivity index (χ4v) is 8.90. The molecule has 10 nitrogen and oxygen atoms in total. The fraction of sp³-hybridized carbons (Fsp3) is 0.667. The Labute approximate surface area is 289 Å². The number of rotatable bonds is 11. The minimum Gasteiger partial charge on any atom is -0.353 e. The number of fused-ring (bicyclic) bond motifs is 2. The number of halogens is 4. The molecular formula is C36H46F4N6O4. The van der Waals surface area contributed by atoms with Crippen molar-refractivity contribution >= 4 is 23.4 Å². The number of amides is 3. The van der Waals surface area contributed by atoms with Crippen LogP contribution in [0.5, 0.6) is 0 Å². The van der Waals surface area contributed by atoms with Crippen molar-refractivity contribution in [2.24, 2.45) is 30.7 Å². The van der Waals surface area contributed by atoms with Gasteiger partial charge in [0.1, 0.15) is 23.8 Å². The molecule has 3 heterocycles. The van der Waals surface area contributed by atoms with Crippen LogP contribution >= 0.6 is 0 Å². The van der Waals surface area contributed by atoms with E-state index in [1.165, 1.54) is 27.9 Å². The summed E-state index contributed by atoms with van der Waals surface area (Å²) in [6.45, 7) is 1.97. The Hall–Kier alpha value is -3.52. The first-order valence-electron chi connectivity index (χ1n) is 18.0. The largest absolute Gasteiger partial charge is 0.391 e. The zero-order valence-electron chi connectivity index (χ0n) is 28.5. The zero-order chi connectivity index (χ0) is 35.4. The van der Waals surface area contributed by atoms with Gasteiger partial charge >= 0.3 is 6.18 Å². The summed E-state index contributed by atoms with van der Waals surface area (Å²) in [5.41, 5.74) is 0.0838. The van der Waals surface area contributed by atoms with Gasteiger partial charge in [0.25, 0.3) is 5.91 Å². The number of anilines is 1. The van der Waals surface area contributed by atoms with Gasteiger partial charge in [0.15, 0.2) is 0 Å². The minimum absolute atomic E-state index is 0.000118. The van der Waals surface area contributed by atoms with Crippen molar-refractivity contribution in [3.63, 3.8) is 0 Å². The molecule has 272 valence electrons. The molecule has 1 aromatic carbocycles. The summed E-state index contributed by atoms with van der Waals surface area (Å²) in [6, 6.07) is 4.45. The predicted octanol–water partition coefficient (Wildman–Crippen LogP) is 5.05. The van der Waals surface area contributed by atoms with E-state index in [1.54, 1.807) is 19.2 Å². The summed E-state index contributed by atoms with van der Waals surface area (Å²) in [4.78, 5) is 42.6. The van der Waals surface area contributed by atoms with Gasteiger partial charge in [-0.3, -0.25) is 24.4 Å². The summed E-state index contributed by atoms with van der Waals surface area (Å²) in [5.74, 6) is -2.42. The van der Waals surface area contributed by atoms with Gasteiger partial charge in [-0.2, -0.15) is 18.3 Å². The summed E-state index contributed by atoms with van der Waals surface area (Å²) < 4.78 is 63.1. The van der Waals surface area contributed by atoms with Crippen LogP contribution in [0.1, 0.15) is 87.2 Å². The van der Waals surface area contributed by atoms with Gasteiger partial charge in [-0.1, -0.05) is 25.8 Å². The van der Waals surface area contributed by atoms with Crippen molar-refractivity contribution in [3.8, 4) is 0 Å². The number of alkyl halides is 3. The lowest BCUT2D eigenvalue weighted by Crippen LogP contribution is -2.56. The molecule has 3 saturated carbocycles. The fourth-order valence-electron chi connectivity index (χ4n) is 8.90. The maximum Gasteiger partial charge on any atom is 0.391 e. The second-order valence-corrected chi connectivity index (χ2v) is 15.2. The zero-order valence-corrected chi connectivity index (χ0v) is 28.5. The number of benzene rings is 1. The normalized spacial score (nSPS) is 28.5. The Morgan fingerprint density at radius 3 is 2.30 bits per heavy atom. The summed E-state index contributed by atoms with van der Waals surface area (Å²) >= 11 is 0. The Morgan fingerprint density at radius 2 is 1.74 bits per heavy atom. The third kappa shape index (κ3) is 7.02. The van der Waals surface area contributed by atoms with Crippen LogP contribution in [0.2, 0.25) is 0 Å². The Bertz CT molecular complexity index is 1590. The van der Waals surface area contributed by atoms with E-state index in [1.807, 2.05) is 6.92 Å². The summed E-state index contributed by atoms with van der Waals surface area (Å²) in [7, 11) is 1.65. The van der Waals surface area contributed by atoms with Crippen LogP contribution in [-0.4, -0.2) is 76.1 Å². The Kier molecular flexibility index (Phi) is 9.46. The SMILES string of the molecule is CCC1OC1N[C@@H](C(=O)N1CCC(C(F)(F)F)CC1)C1(c2ccc(NC(=O)[C@@H](NC(=O)c3ccnn3C)C3C[C@H]4CC[C@@H](C3)C4)c(F)c2)CC1. The number of carbonyl (C=O) groups is 3. The Balaban J connectivity index is 1.09. The number of nitrogens with zero attached hydrogens (tertiary/aromatic N) is 3. The van der Waals surface area contributed by atoms with Crippen LogP contribution in [0.3, 0.4) is 0 Å². The standard InChI is InChI=1S/C36H46F4N6O4/c1-3-28-33(50-28)44-30(34(49)46-14-9-23(10-15-46)36(38,39)40)35(11-12-35)24-6-7-26(25(37)19-24)42-32(48)29(22-17-20-4-5-21(16-20)18-22)43-31(47)27-8-13-41-45(27)2/h6-8,13,19-23,28-30,33,44H,3-5,9-12,14-18H2,1-2H3,(H,42,48)(H,43,47)/t20-,21+,22?,28?,29-,30-,33?/m0/s1. The van der Waals surface area contributed by atoms with Crippen molar-refractivity contribution in [1.29, 1.82) is 0 Å². The average molecular weight is 703 g/mol. The first-order valence-corrected chi connectivity index (χ1v) is 18.0. The van der Waals surface area contributed by atoms with Crippen molar-refractivity contribution in [3.05, 3.63) is 47.5 Å². The minimum atomic E-state index is -4.30. The summed E-state index contributed by atoms with van der Waals surface area (Å²) in [6.07, 6.45) is 3.34. The maximum absolute atomic E-state index is 16.0. The molecule has 3 unspecified atom stereocenters. The number of piperidine rings is 1. The second-order valence-electron chi connectivity index (χ2n) is 15.2. The smallest absolute Gasteiger partial charge is 0.353 e. The third-order valence-electron chi connectivity index (χ3n) is 12.0. The Morgan fingerprint density at radius 1 is 1.04 bits per heavy atom. The van der Waals surface area contributed by atoms with E-state index >= 15 is 4.39 Å². The molecule has 5 aliphatic rings. The number of carbonyl (C=O) groups excluding carboxylic acids is 3. The highest BCUT2D eigenvalue weighted by Crippen LogP contribution is 2.53. The molecule has 0 spiro atoms. The van der Waals surface area contributed by atoms with E-state index in [0.29, 0.717) is 35.9 Å². The molecule has 2 bridgehead atoms. The quantitative estimate of drug-likeness (QED) is 0.223. The predicted molar refractivity (Wildman–Crippen MR) is 175 cm³/mol. The molecule has 2 saturated heterocycles. The van der Waals surface area contributed by atoms with Crippen molar-refractivity contribution in [2.45, 2.75) is 107 Å². The monoisotopic (exact) mass is 702 g/mol. The van der Waals surface area contributed by atoms with E-state index in [4.69, 9.17) is 4.74 Å². The maximum atomic E-state index is 16.0. The van der Waals surface area contributed by atoms with Crippen LogP contribution in [0, 0.1) is 29.5 Å². The first kappa shape index (κ1) is 34.9. The van der Waals surface area contributed by atoms with Gasteiger partial charge in [-0.25, -0.2) is 4.39 Å². The lowest BCUT2D eigenvalue weighted by molar-refractivity contribution is -0.186. The molecule has 3 aliphatic carbocycles. The molecule has 2 aromatic rings. The van der Waals surface area contributed by atoms with E-state index in [9.17, 15) is 27.6 Å². The van der Waals surface area contributed by atoms with Crippen molar-refractivity contribution in [2.75, 3.05) is 18.4 Å². The highest BCUT2D eigenvalue weighted by atomic mass is 19.4. The van der Waals surface area contributed by atoms with Gasteiger partial charge < -0.3 is 20.3 Å². The highest BCUT2D eigenvalue weighted by molar-refractivity contribution is 6.00. The molecule has 3 N–H and O–H groups in total. The number of hydrogen-bond donors (Lipinski definition) is 3. The topological polar surface area (TPSA) is 121 Å². The number of aromatic nitrogens is 2. The number of likely N-dealkylation sites (tertiary alicyclic amines) is 1. The molecule has 50 heavy (non-hydrogen) atoms. The van der Waals surface area contributed by atoms with E-state index in [-0.39, 0.29) is 55.8 Å².